The summed E-state index contributed by atoms with van der Waals surface area (Å²) in [5.74, 6) is 2.37. The molecule has 2 aromatic rings. The number of hydrogen-bond acceptors (Lipinski definition) is 6. The lowest BCUT2D eigenvalue weighted by atomic mass is 10.0. The first-order valence-corrected chi connectivity index (χ1v) is 9.08. The van der Waals surface area contributed by atoms with Gasteiger partial charge < -0.3 is 19.0 Å². The Labute approximate surface area is 154 Å². The number of benzene rings is 1. The molecule has 0 radical (unpaired) electrons. The Morgan fingerprint density at radius 3 is 2.81 bits per heavy atom. The molecule has 0 saturated carbocycles. The fraction of sp³-hybridized carbons (Fsp3) is 0.550. The number of ether oxygens (including phenoxy) is 2. The van der Waals surface area contributed by atoms with E-state index in [2.05, 4.69) is 11.0 Å². The molecule has 1 atom stereocenters. The van der Waals surface area contributed by atoms with E-state index < -0.39 is 0 Å². The van der Waals surface area contributed by atoms with E-state index in [-0.39, 0.29) is 12.7 Å². The van der Waals surface area contributed by atoms with Crippen LogP contribution in [0.1, 0.15) is 29.0 Å². The second-order valence-electron chi connectivity index (χ2n) is 6.90. The zero-order chi connectivity index (χ0) is 18.7. The molecular weight excluding hydrogens is 332 g/mol. The Kier molecular flexibility index (Phi) is 5.96. The third kappa shape index (κ3) is 4.09. The molecular formula is C20H28N2O4. The molecule has 1 unspecified atom stereocenters. The summed E-state index contributed by atoms with van der Waals surface area (Å²) in [6, 6.07) is 4.08. The molecule has 1 saturated heterocycles. The molecule has 1 aromatic carbocycles. The molecule has 0 bridgehead atoms. The van der Waals surface area contributed by atoms with Gasteiger partial charge in [-0.05, 0) is 50.5 Å². The van der Waals surface area contributed by atoms with E-state index in [1.165, 1.54) is 0 Å². The number of aliphatic hydroxyl groups is 1. The van der Waals surface area contributed by atoms with Gasteiger partial charge in [0.2, 0.25) is 5.89 Å². The van der Waals surface area contributed by atoms with Crippen LogP contribution in [0.3, 0.4) is 0 Å². The zero-order valence-corrected chi connectivity index (χ0v) is 16.0. The van der Waals surface area contributed by atoms with Crippen molar-refractivity contribution in [2.75, 3.05) is 33.4 Å². The highest BCUT2D eigenvalue weighted by molar-refractivity contribution is 5.62. The minimum absolute atomic E-state index is 0.0897. The monoisotopic (exact) mass is 360 g/mol. The largest absolute Gasteiger partial charge is 0.496 e. The van der Waals surface area contributed by atoms with E-state index in [0.717, 1.165) is 53.5 Å². The first-order valence-electron chi connectivity index (χ1n) is 9.08. The number of methoxy groups -OCH3 is 1. The average molecular weight is 360 g/mol. The smallest absolute Gasteiger partial charge is 0.226 e. The van der Waals surface area contributed by atoms with Crippen molar-refractivity contribution in [2.24, 2.45) is 0 Å². The lowest BCUT2D eigenvalue weighted by Gasteiger charge is -2.32. The maximum Gasteiger partial charge on any atom is 0.226 e. The van der Waals surface area contributed by atoms with Crippen LogP contribution in [-0.2, 0) is 11.3 Å². The predicted molar refractivity (Wildman–Crippen MR) is 99.4 cm³/mol. The van der Waals surface area contributed by atoms with Crippen molar-refractivity contribution in [1.82, 2.24) is 9.88 Å². The molecule has 1 aliphatic rings. The summed E-state index contributed by atoms with van der Waals surface area (Å²) in [5.41, 5.74) is 4.09. The molecule has 0 amide bonds. The number of hydrogen-bond donors (Lipinski definition) is 1. The van der Waals surface area contributed by atoms with Gasteiger partial charge in [-0.2, -0.15) is 0 Å². The third-order valence-electron chi connectivity index (χ3n) is 4.91. The zero-order valence-electron chi connectivity index (χ0n) is 16.0. The fourth-order valence-corrected chi connectivity index (χ4v) is 3.38. The van der Waals surface area contributed by atoms with Crippen LogP contribution in [0, 0.1) is 20.8 Å². The highest BCUT2D eigenvalue weighted by atomic mass is 16.5. The maximum absolute atomic E-state index is 9.12. The van der Waals surface area contributed by atoms with Crippen molar-refractivity contribution in [3.05, 3.63) is 34.7 Å². The number of nitrogens with zero attached hydrogens (tertiary/aromatic N) is 2. The van der Waals surface area contributed by atoms with Gasteiger partial charge >= 0.3 is 0 Å². The summed E-state index contributed by atoms with van der Waals surface area (Å²) >= 11 is 0. The highest BCUT2D eigenvalue weighted by Crippen LogP contribution is 2.31. The summed E-state index contributed by atoms with van der Waals surface area (Å²) in [4.78, 5) is 7.07. The van der Waals surface area contributed by atoms with Gasteiger partial charge in [0.25, 0.3) is 0 Å². The van der Waals surface area contributed by atoms with E-state index in [1.807, 2.05) is 26.8 Å². The molecule has 0 aliphatic carbocycles. The Morgan fingerprint density at radius 1 is 1.27 bits per heavy atom. The van der Waals surface area contributed by atoms with E-state index in [4.69, 9.17) is 24.0 Å². The van der Waals surface area contributed by atoms with Gasteiger partial charge in [0.1, 0.15) is 11.5 Å². The SMILES string of the molecule is COc1cc(C)c(-c2nc(CN3CCOC(CCO)C3)c(C)o2)cc1C. The van der Waals surface area contributed by atoms with Crippen LogP contribution in [0.4, 0.5) is 0 Å². The van der Waals surface area contributed by atoms with Gasteiger partial charge in [-0.15, -0.1) is 0 Å². The lowest BCUT2D eigenvalue weighted by molar-refractivity contribution is -0.0411. The Bertz CT molecular complexity index is 755. The molecule has 1 N–H and O–H groups in total. The number of aryl methyl sites for hydroxylation is 3. The van der Waals surface area contributed by atoms with E-state index in [1.54, 1.807) is 7.11 Å². The quantitative estimate of drug-likeness (QED) is 0.854. The number of aromatic nitrogens is 1. The molecule has 6 heteroatoms. The lowest BCUT2D eigenvalue weighted by Crippen LogP contribution is -2.42. The molecule has 3 rings (SSSR count). The molecule has 0 spiro atoms. The molecule has 1 fully saturated rings. The van der Waals surface area contributed by atoms with Gasteiger partial charge in [-0.3, -0.25) is 4.90 Å². The van der Waals surface area contributed by atoms with Crippen LogP contribution < -0.4 is 4.74 Å². The minimum Gasteiger partial charge on any atom is -0.496 e. The molecule has 6 nitrogen and oxygen atoms in total. The van der Waals surface area contributed by atoms with Crippen molar-refractivity contribution in [2.45, 2.75) is 39.8 Å². The fourth-order valence-electron chi connectivity index (χ4n) is 3.38. The first kappa shape index (κ1) is 18.9. The van der Waals surface area contributed by atoms with Crippen molar-refractivity contribution >= 4 is 0 Å². The highest BCUT2D eigenvalue weighted by Gasteiger charge is 2.23. The predicted octanol–water partition coefficient (Wildman–Crippen LogP) is 2.86. The van der Waals surface area contributed by atoms with E-state index >= 15 is 0 Å². The molecule has 26 heavy (non-hydrogen) atoms. The first-order chi connectivity index (χ1) is 12.5. The molecule has 142 valence electrons. The van der Waals surface area contributed by atoms with Crippen molar-refractivity contribution in [3.63, 3.8) is 0 Å². The van der Waals surface area contributed by atoms with Gasteiger partial charge in [-0.25, -0.2) is 4.98 Å². The normalized spacial score (nSPS) is 18.3. The molecule has 2 heterocycles. The standard InChI is InChI=1S/C20H28N2O4/c1-13-10-19(24-4)14(2)9-17(13)20-21-18(15(3)26-20)12-22-6-8-25-16(11-22)5-7-23/h9-10,16,23H,5-8,11-12H2,1-4H3. The van der Waals surface area contributed by atoms with Crippen molar-refractivity contribution in [3.8, 4) is 17.2 Å². The Hall–Kier alpha value is -1.89. The van der Waals surface area contributed by atoms with Crippen LogP contribution in [-0.4, -0.2) is 54.5 Å². The third-order valence-corrected chi connectivity index (χ3v) is 4.91. The Morgan fingerprint density at radius 2 is 2.08 bits per heavy atom. The van der Waals surface area contributed by atoms with Crippen LogP contribution in [0.15, 0.2) is 16.5 Å². The second-order valence-corrected chi connectivity index (χ2v) is 6.90. The summed E-state index contributed by atoms with van der Waals surface area (Å²) in [7, 11) is 1.68. The minimum atomic E-state index is 0.0897. The summed E-state index contributed by atoms with van der Waals surface area (Å²) in [6.07, 6.45) is 0.760. The van der Waals surface area contributed by atoms with Gasteiger partial charge in [0, 0.05) is 31.8 Å². The van der Waals surface area contributed by atoms with Crippen LogP contribution >= 0.6 is 0 Å². The van der Waals surface area contributed by atoms with Gasteiger partial charge in [0.05, 0.1) is 25.5 Å². The van der Waals surface area contributed by atoms with Crippen LogP contribution in [0.25, 0.3) is 11.5 Å². The average Bonchev–Trinajstić information content (AvgIpc) is 2.97. The number of rotatable bonds is 6. The molecule has 1 aromatic heterocycles. The maximum atomic E-state index is 9.12. The Balaban J connectivity index is 1.78. The second kappa shape index (κ2) is 8.20. The van der Waals surface area contributed by atoms with Crippen molar-refractivity contribution in [1.29, 1.82) is 0 Å². The summed E-state index contributed by atoms with van der Waals surface area (Å²) in [6.45, 7) is 9.27. The number of aliphatic hydroxyl groups excluding tert-OH is 1. The topological polar surface area (TPSA) is 68.0 Å². The van der Waals surface area contributed by atoms with Gasteiger partial charge in [-0.1, -0.05) is 0 Å². The van der Waals surface area contributed by atoms with Crippen molar-refractivity contribution < 1.29 is 19.0 Å². The van der Waals surface area contributed by atoms with E-state index in [0.29, 0.717) is 18.9 Å². The summed E-state index contributed by atoms with van der Waals surface area (Å²) in [5, 5.41) is 9.12. The summed E-state index contributed by atoms with van der Waals surface area (Å²) < 4.78 is 17.0. The van der Waals surface area contributed by atoms with Crippen LogP contribution in [0.2, 0.25) is 0 Å². The van der Waals surface area contributed by atoms with E-state index in [9.17, 15) is 0 Å². The van der Waals surface area contributed by atoms with Gasteiger partial charge in [0.15, 0.2) is 0 Å². The van der Waals surface area contributed by atoms with Crippen LogP contribution in [0.5, 0.6) is 5.75 Å². The number of morpholine rings is 1. The number of oxazole rings is 1. The molecule has 1 aliphatic heterocycles.